The summed E-state index contributed by atoms with van der Waals surface area (Å²) in [5.41, 5.74) is 1.40. The van der Waals surface area contributed by atoms with Gasteiger partial charge in [-0.2, -0.15) is 0 Å². The topological polar surface area (TPSA) is 47.9 Å². The first-order valence-corrected chi connectivity index (χ1v) is 15.9. The van der Waals surface area contributed by atoms with E-state index in [2.05, 4.69) is 31.2 Å². The van der Waals surface area contributed by atoms with Crippen LogP contribution in [-0.4, -0.2) is 31.3 Å². The first-order valence-electron chi connectivity index (χ1n) is 14.4. The van der Waals surface area contributed by atoms with Gasteiger partial charge in [-0.1, -0.05) is 101 Å². The van der Waals surface area contributed by atoms with E-state index in [4.69, 9.17) is 25.4 Å². The second kappa shape index (κ2) is 26.1. The number of halogens is 1. The van der Waals surface area contributed by atoms with E-state index in [0.717, 1.165) is 37.3 Å². The lowest BCUT2D eigenvalue weighted by molar-refractivity contribution is 0.0878. The molecule has 0 saturated carbocycles. The molecule has 0 bridgehead atoms. The summed E-state index contributed by atoms with van der Waals surface area (Å²) in [6, 6.07) is 8.26. The van der Waals surface area contributed by atoms with Crippen molar-refractivity contribution in [3.63, 3.8) is 0 Å². The summed E-state index contributed by atoms with van der Waals surface area (Å²) in [5.74, 6) is 0. The molecule has 0 aliphatic rings. The fourth-order valence-corrected chi connectivity index (χ4v) is 4.68. The van der Waals surface area contributed by atoms with Crippen LogP contribution < -0.4 is 0 Å². The Hall–Kier alpha value is -0.480. The third-order valence-corrected chi connectivity index (χ3v) is 7.26. The third-order valence-electron chi connectivity index (χ3n) is 6.20. The molecule has 0 aromatic heterocycles. The minimum Gasteiger partial charge on any atom is -0.379 e. The highest BCUT2D eigenvalue weighted by Gasteiger charge is 2.05. The van der Waals surface area contributed by atoms with Crippen LogP contribution >= 0.6 is 20.2 Å². The molecule has 0 saturated heterocycles. The zero-order valence-corrected chi connectivity index (χ0v) is 24.5. The molecule has 208 valence electrons. The van der Waals surface area contributed by atoms with Crippen molar-refractivity contribution in [2.75, 3.05) is 26.4 Å². The SMILES string of the molecule is CCCCOCCOP(O)OCCCCCCCCC=CCCCCCCCCc1ccc(Cl)cc1. The van der Waals surface area contributed by atoms with E-state index in [1.165, 1.54) is 89.0 Å². The maximum atomic E-state index is 9.68. The molecule has 1 aromatic rings. The normalized spacial score (nSPS) is 12.5. The van der Waals surface area contributed by atoms with Gasteiger partial charge in [0.2, 0.25) is 0 Å². The molecule has 0 aliphatic heterocycles. The Morgan fingerprint density at radius 2 is 1.22 bits per heavy atom. The first-order chi connectivity index (χ1) is 17.7. The van der Waals surface area contributed by atoms with Gasteiger partial charge < -0.3 is 18.7 Å². The summed E-state index contributed by atoms with van der Waals surface area (Å²) in [6.07, 6.45) is 25.8. The average molecular weight is 543 g/mol. The molecule has 1 aromatic carbocycles. The number of hydrogen-bond acceptors (Lipinski definition) is 4. The molecule has 0 fully saturated rings. The van der Waals surface area contributed by atoms with Crippen molar-refractivity contribution in [3.8, 4) is 0 Å². The van der Waals surface area contributed by atoms with Gasteiger partial charge in [0.25, 0.3) is 0 Å². The Labute approximate surface area is 228 Å². The molecule has 4 nitrogen and oxygen atoms in total. The quantitative estimate of drug-likeness (QED) is 0.0718. The third kappa shape index (κ3) is 22.7. The zero-order valence-electron chi connectivity index (χ0n) is 22.8. The van der Waals surface area contributed by atoms with Gasteiger partial charge in [0.1, 0.15) is 0 Å². The molecule has 0 radical (unpaired) electrons. The van der Waals surface area contributed by atoms with Gasteiger partial charge >= 0.3 is 8.60 Å². The lowest BCUT2D eigenvalue weighted by atomic mass is 10.0. The molecule has 1 atom stereocenters. The molecule has 1 N–H and O–H groups in total. The molecular weight excluding hydrogens is 491 g/mol. The van der Waals surface area contributed by atoms with Crippen LogP contribution in [0.5, 0.6) is 0 Å². The molecule has 36 heavy (non-hydrogen) atoms. The molecule has 0 spiro atoms. The van der Waals surface area contributed by atoms with Gasteiger partial charge in [-0.15, -0.1) is 0 Å². The van der Waals surface area contributed by atoms with Gasteiger partial charge in [0.15, 0.2) is 0 Å². The largest absolute Gasteiger partial charge is 0.379 e. The highest BCUT2D eigenvalue weighted by atomic mass is 35.5. The van der Waals surface area contributed by atoms with Gasteiger partial charge in [0, 0.05) is 11.6 Å². The number of aryl methyl sites for hydroxylation is 1. The fraction of sp³-hybridized carbons (Fsp3) is 0.733. The molecule has 0 aliphatic carbocycles. The van der Waals surface area contributed by atoms with Gasteiger partial charge in [-0.05, 0) is 69.1 Å². The summed E-state index contributed by atoms with van der Waals surface area (Å²) >= 11 is 5.93. The lowest BCUT2D eigenvalue weighted by Gasteiger charge is -2.11. The summed E-state index contributed by atoms with van der Waals surface area (Å²) in [7, 11) is -1.75. The summed E-state index contributed by atoms with van der Waals surface area (Å²) in [5, 5.41) is 0.825. The monoisotopic (exact) mass is 542 g/mol. The van der Waals surface area contributed by atoms with E-state index in [9.17, 15) is 4.89 Å². The lowest BCUT2D eigenvalue weighted by Crippen LogP contribution is -2.04. The molecule has 0 heterocycles. The zero-order chi connectivity index (χ0) is 25.9. The minimum atomic E-state index is -1.75. The second-order valence-electron chi connectivity index (χ2n) is 9.54. The highest BCUT2D eigenvalue weighted by molar-refractivity contribution is 7.40. The Balaban J connectivity index is 1.74. The molecule has 1 rings (SSSR count). The maximum absolute atomic E-state index is 9.68. The van der Waals surface area contributed by atoms with Crippen molar-refractivity contribution in [2.24, 2.45) is 0 Å². The van der Waals surface area contributed by atoms with Gasteiger partial charge in [0.05, 0.1) is 19.8 Å². The van der Waals surface area contributed by atoms with Crippen molar-refractivity contribution < 1.29 is 18.7 Å². The Kier molecular flexibility index (Phi) is 24.4. The van der Waals surface area contributed by atoms with Crippen LogP contribution in [0.3, 0.4) is 0 Å². The minimum absolute atomic E-state index is 0.396. The smallest absolute Gasteiger partial charge is 0.329 e. The maximum Gasteiger partial charge on any atom is 0.329 e. The van der Waals surface area contributed by atoms with Crippen LogP contribution in [-0.2, 0) is 20.2 Å². The van der Waals surface area contributed by atoms with Crippen molar-refractivity contribution in [1.82, 2.24) is 0 Å². The van der Waals surface area contributed by atoms with Crippen LogP contribution in [0.2, 0.25) is 5.02 Å². The van der Waals surface area contributed by atoms with Crippen LogP contribution in [0.25, 0.3) is 0 Å². The number of unbranched alkanes of at least 4 members (excludes halogenated alkanes) is 13. The number of benzene rings is 1. The molecule has 0 amide bonds. The Morgan fingerprint density at radius 1 is 0.667 bits per heavy atom. The van der Waals surface area contributed by atoms with E-state index in [1.807, 2.05) is 12.1 Å². The number of ether oxygens (including phenoxy) is 1. The van der Waals surface area contributed by atoms with E-state index in [1.54, 1.807) is 0 Å². The van der Waals surface area contributed by atoms with Gasteiger partial charge in [-0.3, -0.25) is 0 Å². The van der Waals surface area contributed by atoms with E-state index >= 15 is 0 Å². The predicted octanol–water partition coefficient (Wildman–Crippen LogP) is 9.97. The second-order valence-corrected chi connectivity index (χ2v) is 11.0. The van der Waals surface area contributed by atoms with Crippen molar-refractivity contribution in [3.05, 3.63) is 47.0 Å². The van der Waals surface area contributed by atoms with Crippen LogP contribution in [0, 0.1) is 0 Å². The standard InChI is InChI=1S/C30H52ClO4P/c1-2-3-25-33-27-28-35-36(32)34-26-19-17-15-13-11-9-7-5-4-6-8-10-12-14-16-18-20-29-21-23-30(31)24-22-29/h4-5,21-24,32H,2-3,6-20,25-28H2,1H3. The summed E-state index contributed by atoms with van der Waals surface area (Å²) in [6.45, 7) is 4.38. The number of hydrogen-bond donors (Lipinski definition) is 1. The fourth-order valence-electron chi connectivity index (χ4n) is 3.96. The van der Waals surface area contributed by atoms with E-state index in [-0.39, 0.29) is 0 Å². The summed E-state index contributed by atoms with van der Waals surface area (Å²) in [4.78, 5) is 9.68. The first kappa shape index (κ1) is 33.5. The van der Waals surface area contributed by atoms with Crippen molar-refractivity contribution in [2.45, 2.75) is 116 Å². The number of allylic oxidation sites excluding steroid dienone is 2. The molecule has 1 unspecified atom stereocenters. The highest BCUT2D eigenvalue weighted by Crippen LogP contribution is 2.32. The number of rotatable bonds is 26. The molecule has 6 heteroatoms. The van der Waals surface area contributed by atoms with Crippen molar-refractivity contribution in [1.29, 1.82) is 0 Å². The summed E-state index contributed by atoms with van der Waals surface area (Å²) < 4.78 is 16.0. The van der Waals surface area contributed by atoms with E-state index in [0.29, 0.717) is 19.8 Å². The average Bonchev–Trinajstić information content (AvgIpc) is 2.88. The van der Waals surface area contributed by atoms with Crippen LogP contribution in [0.1, 0.15) is 115 Å². The predicted molar refractivity (Wildman–Crippen MR) is 156 cm³/mol. The Morgan fingerprint density at radius 3 is 1.86 bits per heavy atom. The molecular formula is C30H52ClO4P. The van der Waals surface area contributed by atoms with Gasteiger partial charge in [-0.25, -0.2) is 0 Å². The Bertz CT molecular complexity index is 611. The van der Waals surface area contributed by atoms with E-state index < -0.39 is 8.60 Å². The van der Waals surface area contributed by atoms with Crippen LogP contribution in [0.4, 0.5) is 0 Å². The van der Waals surface area contributed by atoms with Crippen molar-refractivity contribution >= 4 is 20.2 Å². The van der Waals surface area contributed by atoms with Crippen LogP contribution in [0.15, 0.2) is 36.4 Å².